The van der Waals surface area contributed by atoms with Gasteiger partial charge in [0.1, 0.15) is 0 Å². The van der Waals surface area contributed by atoms with Crippen molar-refractivity contribution in [2.45, 2.75) is 13.8 Å². The summed E-state index contributed by atoms with van der Waals surface area (Å²) in [5, 5.41) is 8.39. The quantitative estimate of drug-likeness (QED) is 0.720. The highest BCUT2D eigenvalue weighted by molar-refractivity contribution is 6.01. The molecular formula is C11H12N4O2. The number of aromatic nitrogens is 3. The van der Waals surface area contributed by atoms with Gasteiger partial charge >= 0.3 is 5.69 Å². The van der Waals surface area contributed by atoms with Crippen molar-refractivity contribution in [3.8, 4) is 0 Å². The van der Waals surface area contributed by atoms with E-state index in [-0.39, 0.29) is 5.82 Å². The molecule has 0 radical (unpaired) electrons. The summed E-state index contributed by atoms with van der Waals surface area (Å²) in [4.78, 5) is 24.8. The van der Waals surface area contributed by atoms with Crippen molar-refractivity contribution in [1.82, 2.24) is 15.2 Å². The van der Waals surface area contributed by atoms with Gasteiger partial charge in [-0.3, -0.25) is 9.78 Å². The molecule has 0 bridgehead atoms. The number of rotatable bonds is 2. The van der Waals surface area contributed by atoms with Gasteiger partial charge in [0.05, 0.1) is 0 Å². The summed E-state index contributed by atoms with van der Waals surface area (Å²) < 4.78 is 0. The van der Waals surface area contributed by atoms with E-state index in [0.717, 1.165) is 11.1 Å². The van der Waals surface area contributed by atoms with Crippen molar-refractivity contribution in [3.05, 3.63) is 45.6 Å². The molecule has 17 heavy (non-hydrogen) atoms. The number of anilines is 1. The highest BCUT2D eigenvalue weighted by Crippen LogP contribution is 2.16. The SMILES string of the molecule is Cc1ccc(C)c(NC(=O)c2n[nH]c(=O)[nH]2)c1. The Morgan fingerprint density at radius 2 is 2.12 bits per heavy atom. The second-order valence-corrected chi connectivity index (χ2v) is 3.80. The first-order valence-electron chi connectivity index (χ1n) is 5.09. The number of aryl methyl sites for hydroxylation is 2. The molecule has 1 aromatic carbocycles. The van der Waals surface area contributed by atoms with Crippen LogP contribution in [0.15, 0.2) is 23.0 Å². The molecule has 0 aliphatic heterocycles. The molecule has 1 aromatic heterocycles. The standard InChI is InChI=1S/C11H12N4O2/c1-6-3-4-7(2)8(5-6)12-10(16)9-13-11(17)15-14-9/h3-5H,1-2H3,(H,12,16)(H2,13,14,15,17). The normalized spacial score (nSPS) is 10.2. The van der Waals surface area contributed by atoms with Crippen LogP contribution in [-0.2, 0) is 0 Å². The van der Waals surface area contributed by atoms with Gasteiger partial charge in [0.2, 0.25) is 5.82 Å². The van der Waals surface area contributed by atoms with Crippen LogP contribution in [0.5, 0.6) is 0 Å². The highest BCUT2D eigenvalue weighted by Gasteiger charge is 2.11. The van der Waals surface area contributed by atoms with Crippen LogP contribution in [-0.4, -0.2) is 21.1 Å². The second kappa shape index (κ2) is 4.25. The number of nitrogens with one attached hydrogen (secondary N) is 3. The largest absolute Gasteiger partial charge is 0.341 e. The van der Waals surface area contributed by atoms with E-state index < -0.39 is 11.6 Å². The summed E-state index contributed by atoms with van der Waals surface area (Å²) >= 11 is 0. The number of carbonyl (C=O) groups excluding carboxylic acids is 1. The third kappa shape index (κ3) is 2.41. The van der Waals surface area contributed by atoms with Crippen LogP contribution in [0.25, 0.3) is 0 Å². The van der Waals surface area contributed by atoms with Crippen molar-refractivity contribution >= 4 is 11.6 Å². The van der Waals surface area contributed by atoms with Crippen molar-refractivity contribution in [1.29, 1.82) is 0 Å². The van der Waals surface area contributed by atoms with E-state index >= 15 is 0 Å². The number of benzene rings is 1. The van der Waals surface area contributed by atoms with Crippen LogP contribution in [0, 0.1) is 13.8 Å². The molecule has 0 aliphatic rings. The topological polar surface area (TPSA) is 90.6 Å². The van der Waals surface area contributed by atoms with E-state index in [2.05, 4.69) is 20.5 Å². The Morgan fingerprint density at radius 3 is 2.76 bits per heavy atom. The van der Waals surface area contributed by atoms with Crippen molar-refractivity contribution < 1.29 is 4.79 Å². The number of hydrogen-bond acceptors (Lipinski definition) is 3. The van der Waals surface area contributed by atoms with Crippen LogP contribution < -0.4 is 11.0 Å². The van der Waals surface area contributed by atoms with Gasteiger partial charge in [-0.2, -0.15) is 0 Å². The number of H-pyrrole nitrogens is 2. The van der Waals surface area contributed by atoms with Crippen LogP contribution in [0.1, 0.15) is 21.7 Å². The number of hydrogen-bond donors (Lipinski definition) is 3. The lowest BCUT2D eigenvalue weighted by Gasteiger charge is -2.07. The van der Waals surface area contributed by atoms with Crippen LogP contribution in [0.2, 0.25) is 0 Å². The van der Waals surface area contributed by atoms with Gasteiger partial charge in [-0.1, -0.05) is 12.1 Å². The summed E-state index contributed by atoms with van der Waals surface area (Å²) in [6.07, 6.45) is 0. The molecule has 0 saturated heterocycles. The Morgan fingerprint density at radius 1 is 1.35 bits per heavy atom. The molecule has 6 nitrogen and oxygen atoms in total. The minimum absolute atomic E-state index is 0.0316. The smallest absolute Gasteiger partial charge is 0.319 e. The van der Waals surface area contributed by atoms with Gasteiger partial charge in [0.15, 0.2) is 0 Å². The Balaban J connectivity index is 2.24. The highest BCUT2D eigenvalue weighted by atomic mass is 16.2. The van der Waals surface area contributed by atoms with Crippen LogP contribution in [0.4, 0.5) is 5.69 Å². The Bertz CT molecular complexity index is 612. The first kappa shape index (κ1) is 11.1. The minimum Gasteiger partial charge on any atom is -0.319 e. The zero-order chi connectivity index (χ0) is 12.4. The zero-order valence-electron chi connectivity index (χ0n) is 9.50. The molecule has 0 atom stereocenters. The minimum atomic E-state index is -0.504. The molecule has 1 heterocycles. The number of amides is 1. The fourth-order valence-corrected chi connectivity index (χ4v) is 1.43. The maximum atomic E-state index is 11.7. The Hall–Kier alpha value is -2.37. The molecular weight excluding hydrogens is 220 g/mol. The first-order valence-corrected chi connectivity index (χ1v) is 5.09. The van der Waals surface area contributed by atoms with Gasteiger partial charge in [-0.15, -0.1) is 5.10 Å². The number of nitrogens with zero attached hydrogens (tertiary/aromatic N) is 1. The first-order chi connectivity index (χ1) is 8.06. The molecule has 88 valence electrons. The fourth-order valence-electron chi connectivity index (χ4n) is 1.43. The van der Waals surface area contributed by atoms with Crippen molar-refractivity contribution in [2.75, 3.05) is 5.32 Å². The van der Waals surface area contributed by atoms with E-state index in [4.69, 9.17) is 0 Å². The van der Waals surface area contributed by atoms with Crippen molar-refractivity contribution in [2.24, 2.45) is 0 Å². The zero-order valence-corrected chi connectivity index (χ0v) is 9.50. The van der Waals surface area contributed by atoms with Gasteiger partial charge in [0, 0.05) is 5.69 Å². The summed E-state index contributed by atoms with van der Waals surface area (Å²) in [7, 11) is 0. The van der Waals surface area contributed by atoms with Gasteiger partial charge < -0.3 is 5.32 Å². The van der Waals surface area contributed by atoms with Crippen LogP contribution in [0.3, 0.4) is 0 Å². The van der Waals surface area contributed by atoms with Gasteiger partial charge in [-0.05, 0) is 31.0 Å². The fraction of sp³-hybridized carbons (Fsp3) is 0.182. The predicted molar refractivity (Wildman–Crippen MR) is 63.1 cm³/mol. The summed E-state index contributed by atoms with van der Waals surface area (Å²) in [5.41, 5.74) is 2.19. The molecule has 0 fully saturated rings. The molecule has 6 heteroatoms. The molecule has 2 rings (SSSR count). The lowest BCUT2D eigenvalue weighted by Crippen LogP contribution is -2.15. The average molecular weight is 232 g/mol. The van der Waals surface area contributed by atoms with Crippen LogP contribution >= 0.6 is 0 Å². The molecule has 0 unspecified atom stereocenters. The lowest BCUT2D eigenvalue weighted by atomic mass is 10.1. The van der Waals surface area contributed by atoms with E-state index in [0.29, 0.717) is 5.69 Å². The molecule has 0 aliphatic carbocycles. The van der Waals surface area contributed by atoms with Gasteiger partial charge in [0.25, 0.3) is 5.91 Å². The van der Waals surface area contributed by atoms with E-state index in [1.807, 2.05) is 32.0 Å². The summed E-state index contributed by atoms with van der Waals surface area (Å²) in [6, 6.07) is 5.73. The maximum absolute atomic E-state index is 11.7. The monoisotopic (exact) mass is 232 g/mol. The third-order valence-electron chi connectivity index (χ3n) is 2.36. The average Bonchev–Trinajstić information content (AvgIpc) is 2.70. The molecule has 0 saturated carbocycles. The molecule has 0 spiro atoms. The number of carbonyl (C=O) groups is 1. The van der Waals surface area contributed by atoms with Crippen molar-refractivity contribution in [3.63, 3.8) is 0 Å². The molecule has 1 amide bonds. The van der Waals surface area contributed by atoms with E-state index in [9.17, 15) is 9.59 Å². The summed E-state index contributed by atoms with van der Waals surface area (Å²) in [6.45, 7) is 3.83. The van der Waals surface area contributed by atoms with E-state index in [1.54, 1.807) is 0 Å². The summed E-state index contributed by atoms with van der Waals surface area (Å²) in [5.74, 6) is -0.479. The third-order valence-corrected chi connectivity index (χ3v) is 2.36. The molecule has 3 N–H and O–H groups in total. The predicted octanol–water partition coefficient (Wildman–Crippen LogP) is 0.967. The lowest BCUT2D eigenvalue weighted by molar-refractivity contribution is 0.101. The second-order valence-electron chi connectivity index (χ2n) is 3.80. The molecule has 2 aromatic rings. The number of aromatic amines is 2. The maximum Gasteiger partial charge on any atom is 0.341 e. The van der Waals surface area contributed by atoms with E-state index in [1.165, 1.54) is 0 Å². The van der Waals surface area contributed by atoms with Gasteiger partial charge in [-0.25, -0.2) is 9.89 Å². The Kier molecular flexibility index (Phi) is 2.78. The Labute approximate surface area is 97.1 Å².